The fourth-order valence-electron chi connectivity index (χ4n) is 1.68. The van der Waals surface area contributed by atoms with Gasteiger partial charge in [0.1, 0.15) is 0 Å². The van der Waals surface area contributed by atoms with Crippen LogP contribution < -0.4 is 5.32 Å². The van der Waals surface area contributed by atoms with Gasteiger partial charge in [-0.1, -0.05) is 12.1 Å². The first-order chi connectivity index (χ1) is 7.79. The van der Waals surface area contributed by atoms with E-state index >= 15 is 0 Å². The Morgan fingerprint density at radius 1 is 1.50 bits per heavy atom. The molecule has 2 aromatic rings. The second-order valence-electron chi connectivity index (χ2n) is 4.09. The Morgan fingerprint density at radius 3 is 3.19 bits per heavy atom. The maximum absolute atomic E-state index is 8.79. The van der Waals surface area contributed by atoms with Crippen LogP contribution in [-0.4, -0.2) is 28.0 Å². The van der Waals surface area contributed by atoms with E-state index in [1.807, 2.05) is 6.20 Å². The quantitative estimate of drug-likeness (QED) is 0.712. The van der Waals surface area contributed by atoms with Crippen LogP contribution in [0.2, 0.25) is 0 Å². The number of hydrogen-bond donors (Lipinski definition) is 3. The van der Waals surface area contributed by atoms with Gasteiger partial charge < -0.3 is 10.4 Å². The normalized spacial score (nSPS) is 13.1. The van der Waals surface area contributed by atoms with Gasteiger partial charge in [0.05, 0.1) is 11.7 Å². The molecule has 1 unspecified atom stereocenters. The van der Waals surface area contributed by atoms with Gasteiger partial charge in [0.2, 0.25) is 0 Å². The van der Waals surface area contributed by atoms with Crippen molar-refractivity contribution in [3.05, 3.63) is 30.0 Å². The summed E-state index contributed by atoms with van der Waals surface area (Å²) in [6.07, 6.45) is 2.60. The second-order valence-corrected chi connectivity index (χ2v) is 4.09. The zero-order chi connectivity index (χ0) is 11.4. The summed E-state index contributed by atoms with van der Waals surface area (Å²) in [4.78, 5) is 0. The van der Waals surface area contributed by atoms with Crippen LogP contribution in [0.15, 0.2) is 24.4 Å². The van der Waals surface area contributed by atoms with Crippen molar-refractivity contribution in [2.75, 3.05) is 6.61 Å². The first-order valence-electron chi connectivity index (χ1n) is 5.56. The molecule has 0 spiro atoms. The first kappa shape index (κ1) is 11.1. The highest BCUT2D eigenvalue weighted by Crippen LogP contribution is 2.12. The van der Waals surface area contributed by atoms with E-state index in [1.165, 1.54) is 5.56 Å². The number of rotatable bonds is 5. The molecule has 4 heteroatoms. The third-order valence-corrected chi connectivity index (χ3v) is 2.72. The number of fused-ring (bicyclic) bond motifs is 1. The van der Waals surface area contributed by atoms with Crippen LogP contribution in [0, 0.1) is 0 Å². The summed E-state index contributed by atoms with van der Waals surface area (Å²) in [6.45, 7) is 3.12. The Bertz CT molecular complexity index is 452. The average molecular weight is 219 g/mol. The fraction of sp³-hybridized carbons (Fsp3) is 0.417. The standard InChI is InChI=1S/C12H17N3O/c1-9(4-5-16)13-7-10-2-3-11-8-14-15-12(11)6-10/h2-3,6,8-9,13,16H,4-5,7H2,1H3,(H,14,15). The predicted octanol–water partition coefficient (Wildman–Crippen LogP) is 1.42. The van der Waals surface area contributed by atoms with Gasteiger partial charge in [-0.05, 0) is 25.0 Å². The SMILES string of the molecule is CC(CCO)NCc1ccc2cn[nH]c2c1. The van der Waals surface area contributed by atoms with Crippen LogP contribution in [0.3, 0.4) is 0 Å². The smallest absolute Gasteiger partial charge is 0.0653 e. The van der Waals surface area contributed by atoms with Crippen molar-refractivity contribution in [1.82, 2.24) is 15.5 Å². The molecule has 1 aromatic heterocycles. The number of aromatic amines is 1. The number of hydrogen-bond acceptors (Lipinski definition) is 3. The van der Waals surface area contributed by atoms with Crippen LogP contribution >= 0.6 is 0 Å². The number of benzene rings is 1. The lowest BCUT2D eigenvalue weighted by atomic mass is 10.1. The molecule has 1 heterocycles. The van der Waals surface area contributed by atoms with Crippen molar-refractivity contribution in [1.29, 1.82) is 0 Å². The summed E-state index contributed by atoms with van der Waals surface area (Å²) in [7, 11) is 0. The molecule has 1 atom stereocenters. The van der Waals surface area contributed by atoms with E-state index in [4.69, 9.17) is 5.11 Å². The largest absolute Gasteiger partial charge is 0.396 e. The van der Waals surface area contributed by atoms with Crippen LogP contribution in [0.4, 0.5) is 0 Å². The average Bonchev–Trinajstić information content (AvgIpc) is 2.74. The molecule has 86 valence electrons. The molecule has 0 amide bonds. The lowest BCUT2D eigenvalue weighted by Gasteiger charge is -2.12. The number of aromatic nitrogens is 2. The Labute approximate surface area is 94.7 Å². The zero-order valence-electron chi connectivity index (χ0n) is 9.40. The van der Waals surface area contributed by atoms with Crippen LogP contribution in [0.1, 0.15) is 18.9 Å². The van der Waals surface area contributed by atoms with Crippen molar-refractivity contribution in [2.45, 2.75) is 25.9 Å². The summed E-state index contributed by atoms with van der Waals surface area (Å²) in [5.74, 6) is 0. The maximum atomic E-state index is 8.79. The van der Waals surface area contributed by atoms with Crippen LogP contribution in [-0.2, 0) is 6.54 Å². The number of nitrogens with zero attached hydrogens (tertiary/aromatic N) is 1. The molecule has 0 bridgehead atoms. The molecule has 0 fully saturated rings. The molecule has 0 saturated carbocycles. The molecule has 3 N–H and O–H groups in total. The van der Waals surface area contributed by atoms with Gasteiger partial charge >= 0.3 is 0 Å². The molecule has 16 heavy (non-hydrogen) atoms. The summed E-state index contributed by atoms with van der Waals surface area (Å²) in [5, 5.41) is 20.2. The van der Waals surface area contributed by atoms with Crippen LogP contribution in [0.25, 0.3) is 10.9 Å². The van der Waals surface area contributed by atoms with Gasteiger partial charge in [0.15, 0.2) is 0 Å². The van der Waals surface area contributed by atoms with Gasteiger partial charge in [-0.3, -0.25) is 5.10 Å². The molecule has 0 aliphatic heterocycles. The zero-order valence-corrected chi connectivity index (χ0v) is 9.40. The highest BCUT2D eigenvalue weighted by molar-refractivity contribution is 5.78. The Morgan fingerprint density at radius 2 is 2.38 bits per heavy atom. The first-order valence-corrected chi connectivity index (χ1v) is 5.56. The van der Waals surface area contributed by atoms with E-state index in [2.05, 4.69) is 40.6 Å². The summed E-state index contributed by atoms with van der Waals surface area (Å²) >= 11 is 0. The maximum Gasteiger partial charge on any atom is 0.0653 e. The van der Waals surface area contributed by atoms with E-state index in [0.717, 1.165) is 23.9 Å². The van der Waals surface area contributed by atoms with Crippen molar-refractivity contribution in [3.63, 3.8) is 0 Å². The topological polar surface area (TPSA) is 60.9 Å². The highest BCUT2D eigenvalue weighted by Gasteiger charge is 2.01. The van der Waals surface area contributed by atoms with E-state index < -0.39 is 0 Å². The minimum absolute atomic E-state index is 0.230. The number of nitrogens with one attached hydrogen (secondary N) is 2. The molecular formula is C12H17N3O. The molecule has 0 saturated heterocycles. The van der Waals surface area contributed by atoms with Gasteiger partial charge in [-0.2, -0.15) is 5.10 Å². The van der Waals surface area contributed by atoms with Crippen molar-refractivity contribution >= 4 is 10.9 Å². The second kappa shape index (κ2) is 5.09. The minimum Gasteiger partial charge on any atom is -0.396 e. The summed E-state index contributed by atoms with van der Waals surface area (Å²) in [5.41, 5.74) is 2.29. The molecule has 1 aromatic carbocycles. The van der Waals surface area contributed by atoms with E-state index in [1.54, 1.807) is 0 Å². The molecule has 2 rings (SSSR count). The molecular weight excluding hydrogens is 202 g/mol. The van der Waals surface area contributed by atoms with Gasteiger partial charge in [-0.15, -0.1) is 0 Å². The molecule has 4 nitrogen and oxygen atoms in total. The predicted molar refractivity (Wildman–Crippen MR) is 64.1 cm³/mol. The Balaban J connectivity index is 1.98. The van der Waals surface area contributed by atoms with Crippen molar-refractivity contribution in [3.8, 4) is 0 Å². The summed E-state index contributed by atoms with van der Waals surface area (Å²) < 4.78 is 0. The Hall–Kier alpha value is -1.39. The third kappa shape index (κ3) is 2.59. The number of aliphatic hydroxyl groups is 1. The van der Waals surface area contributed by atoms with Gasteiger partial charge in [0.25, 0.3) is 0 Å². The van der Waals surface area contributed by atoms with Crippen LogP contribution in [0.5, 0.6) is 0 Å². The molecule has 0 aliphatic carbocycles. The third-order valence-electron chi connectivity index (χ3n) is 2.72. The monoisotopic (exact) mass is 219 g/mol. The minimum atomic E-state index is 0.230. The van der Waals surface area contributed by atoms with E-state index in [-0.39, 0.29) is 6.61 Å². The van der Waals surface area contributed by atoms with E-state index in [0.29, 0.717) is 6.04 Å². The van der Waals surface area contributed by atoms with Crippen molar-refractivity contribution < 1.29 is 5.11 Å². The number of H-pyrrole nitrogens is 1. The number of aliphatic hydroxyl groups excluding tert-OH is 1. The lowest BCUT2D eigenvalue weighted by Crippen LogP contribution is -2.26. The summed E-state index contributed by atoms with van der Waals surface area (Å²) in [6, 6.07) is 6.59. The van der Waals surface area contributed by atoms with Crippen molar-refractivity contribution in [2.24, 2.45) is 0 Å². The van der Waals surface area contributed by atoms with E-state index in [9.17, 15) is 0 Å². The lowest BCUT2D eigenvalue weighted by molar-refractivity contribution is 0.268. The van der Waals surface area contributed by atoms with Gasteiger partial charge in [0, 0.05) is 24.6 Å². The highest BCUT2D eigenvalue weighted by atomic mass is 16.3. The Kier molecular flexibility index (Phi) is 3.54. The molecule has 0 radical (unpaired) electrons. The van der Waals surface area contributed by atoms with Gasteiger partial charge in [-0.25, -0.2) is 0 Å². The fourth-order valence-corrected chi connectivity index (χ4v) is 1.68. The molecule has 0 aliphatic rings.